The van der Waals surface area contributed by atoms with Gasteiger partial charge in [0.1, 0.15) is 0 Å². The molecule has 2 amide bonds. The van der Waals surface area contributed by atoms with Gasteiger partial charge in [-0.3, -0.25) is 14.4 Å². The summed E-state index contributed by atoms with van der Waals surface area (Å²) in [6.07, 6.45) is -9.66. The maximum atomic E-state index is 14.0. The van der Waals surface area contributed by atoms with E-state index >= 15 is 0 Å². The molecule has 4 N–H and O–H groups in total. The molecule has 4 aromatic carbocycles. The van der Waals surface area contributed by atoms with Crippen LogP contribution in [0, 0.1) is 13.8 Å². The molecule has 1 aliphatic rings. The van der Waals surface area contributed by atoms with Gasteiger partial charge in [-0.2, -0.15) is 26.3 Å². The second-order valence-corrected chi connectivity index (χ2v) is 13.4. The van der Waals surface area contributed by atoms with Gasteiger partial charge in [0.25, 0.3) is 5.60 Å². The van der Waals surface area contributed by atoms with Crippen molar-refractivity contribution in [3.8, 4) is 0 Å². The van der Waals surface area contributed by atoms with Crippen molar-refractivity contribution >= 4 is 75.3 Å². The normalized spacial score (nSPS) is 15.9. The molecule has 7 nitrogen and oxygen atoms in total. The standard InChI is InChI=1S/C18H13Cl2F3N2O2.C18H12Cl2F3NO2/c1-9-4-10(2-3-14(9)16(24)26)15-8-17(27-25-15,18(21,22)23)11-5-12(19)7-13(20)6-11;1-9-4-10(2-3-14(9)17(24)26)16(25)8-15(18(21,22)23)11-5-12(19)7-13(20)6-11/h2-7H,8H2,1H3,(H2,24,26);2-8H,1H3,(H2,24,26)/t17-;/m0./s1. The Balaban J connectivity index is 0.000000237. The van der Waals surface area contributed by atoms with E-state index in [1.54, 1.807) is 13.0 Å². The quantitative estimate of drug-likeness (QED) is 0.109. The first kappa shape index (κ1) is 41.2. The number of carbonyl (C=O) groups excluding carboxylic acids is 3. The van der Waals surface area contributed by atoms with E-state index in [0.717, 1.165) is 24.3 Å². The van der Waals surface area contributed by atoms with Gasteiger partial charge in [-0.05, 0) is 103 Å². The highest BCUT2D eigenvalue weighted by atomic mass is 35.5. The molecule has 278 valence electrons. The fourth-order valence-corrected chi connectivity index (χ4v) is 6.36. The average Bonchev–Trinajstić information content (AvgIpc) is 3.49. The van der Waals surface area contributed by atoms with Gasteiger partial charge in [-0.1, -0.05) is 63.7 Å². The van der Waals surface area contributed by atoms with Gasteiger partial charge in [0.2, 0.25) is 11.8 Å². The Labute approximate surface area is 318 Å². The van der Waals surface area contributed by atoms with Crippen molar-refractivity contribution in [1.82, 2.24) is 0 Å². The minimum atomic E-state index is -4.80. The van der Waals surface area contributed by atoms with Crippen LogP contribution in [0.15, 0.2) is 84.0 Å². The molecular weight excluding hydrogens is 794 g/mol. The molecule has 0 unspecified atom stereocenters. The highest BCUT2D eigenvalue weighted by Gasteiger charge is 2.62. The molecule has 5 rings (SSSR count). The number of oxime groups is 1. The van der Waals surface area contributed by atoms with E-state index in [4.69, 9.17) is 62.7 Å². The largest absolute Gasteiger partial charge is 0.435 e. The predicted molar refractivity (Wildman–Crippen MR) is 191 cm³/mol. The van der Waals surface area contributed by atoms with Crippen LogP contribution < -0.4 is 11.5 Å². The number of halogens is 10. The van der Waals surface area contributed by atoms with Crippen LogP contribution in [-0.4, -0.2) is 35.7 Å². The van der Waals surface area contributed by atoms with E-state index in [-0.39, 0.29) is 53.6 Å². The van der Waals surface area contributed by atoms with Gasteiger partial charge in [-0.15, -0.1) is 0 Å². The van der Waals surface area contributed by atoms with Crippen LogP contribution in [-0.2, 0) is 10.4 Å². The van der Waals surface area contributed by atoms with Gasteiger partial charge in [0.15, 0.2) is 5.78 Å². The zero-order valence-corrected chi connectivity index (χ0v) is 30.3. The number of ketones is 1. The lowest BCUT2D eigenvalue weighted by molar-refractivity contribution is -0.275. The number of carbonyl (C=O) groups is 3. The van der Waals surface area contributed by atoms with Crippen molar-refractivity contribution in [3.63, 3.8) is 0 Å². The van der Waals surface area contributed by atoms with E-state index in [1.165, 1.54) is 49.4 Å². The smallest absolute Gasteiger partial charge is 0.374 e. The van der Waals surface area contributed by atoms with Crippen molar-refractivity contribution < 1.29 is 45.6 Å². The Morgan fingerprint density at radius 1 is 0.717 bits per heavy atom. The molecule has 0 radical (unpaired) electrons. The molecule has 17 heteroatoms. The number of benzene rings is 4. The SMILES string of the molecule is Cc1cc(C(=O)C=C(c2cc(Cl)cc(Cl)c2)C(F)(F)F)ccc1C(N)=O.Cc1cc(C2=NO[C@@](c3cc(Cl)cc(Cl)c3)(C(F)(F)F)C2)ccc1C(N)=O. The van der Waals surface area contributed by atoms with Gasteiger partial charge in [-0.25, -0.2) is 0 Å². The van der Waals surface area contributed by atoms with Crippen LogP contribution in [0.5, 0.6) is 0 Å². The molecule has 1 heterocycles. The van der Waals surface area contributed by atoms with Crippen LogP contribution in [0.25, 0.3) is 5.57 Å². The van der Waals surface area contributed by atoms with Crippen molar-refractivity contribution in [2.75, 3.05) is 0 Å². The highest BCUT2D eigenvalue weighted by Crippen LogP contribution is 2.49. The molecule has 0 aliphatic carbocycles. The average molecular weight is 819 g/mol. The first-order valence-electron chi connectivity index (χ1n) is 14.9. The third-order valence-corrected chi connectivity index (χ3v) is 8.74. The summed E-state index contributed by atoms with van der Waals surface area (Å²) in [6.45, 7) is 3.16. The number of hydrogen-bond donors (Lipinski definition) is 2. The fraction of sp³-hybridized carbons (Fsp3) is 0.167. The zero-order valence-electron chi connectivity index (χ0n) is 27.2. The van der Waals surface area contributed by atoms with Crippen LogP contribution >= 0.6 is 46.4 Å². The molecular formula is C36H25Cl4F6N3O4. The molecule has 0 fully saturated rings. The topological polar surface area (TPSA) is 125 Å². The van der Waals surface area contributed by atoms with Crippen LogP contribution in [0.1, 0.15) is 65.3 Å². The summed E-state index contributed by atoms with van der Waals surface area (Å²) in [6, 6.07) is 15.4. The van der Waals surface area contributed by atoms with Crippen molar-refractivity contribution in [3.05, 3.63) is 143 Å². The summed E-state index contributed by atoms with van der Waals surface area (Å²) in [5.74, 6) is -2.20. The van der Waals surface area contributed by atoms with E-state index in [9.17, 15) is 40.7 Å². The van der Waals surface area contributed by atoms with Crippen molar-refractivity contribution in [1.29, 1.82) is 0 Å². The third-order valence-electron chi connectivity index (χ3n) is 7.87. The number of alkyl halides is 6. The Morgan fingerprint density at radius 3 is 1.66 bits per heavy atom. The first-order chi connectivity index (χ1) is 24.5. The summed E-state index contributed by atoms with van der Waals surface area (Å²) >= 11 is 23.3. The number of allylic oxidation sites excluding steroid dienone is 2. The Hall–Kier alpha value is -4.56. The maximum Gasteiger partial charge on any atom is 0.435 e. The molecule has 0 spiro atoms. The van der Waals surface area contributed by atoms with Crippen LogP contribution in [0.4, 0.5) is 26.3 Å². The molecule has 0 aromatic heterocycles. The summed E-state index contributed by atoms with van der Waals surface area (Å²) in [4.78, 5) is 39.8. The lowest BCUT2D eigenvalue weighted by atomic mass is 9.86. The predicted octanol–water partition coefficient (Wildman–Crippen LogP) is 10.2. The van der Waals surface area contributed by atoms with E-state index in [2.05, 4.69) is 5.16 Å². The van der Waals surface area contributed by atoms with Gasteiger partial charge in [0, 0.05) is 48.8 Å². The number of rotatable bonds is 7. The molecule has 4 aromatic rings. The lowest BCUT2D eigenvalue weighted by Crippen LogP contribution is -2.42. The number of amides is 2. The van der Waals surface area contributed by atoms with Gasteiger partial charge >= 0.3 is 12.4 Å². The summed E-state index contributed by atoms with van der Waals surface area (Å²) in [5, 5.41) is 3.80. The minimum absolute atomic E-state index is 0.0109. The monoisotopic (exact) mass is 817 g/mol. The molecule has 0 bridgehead atoms. The van der Waals surface area contributed by atoms with Crippen LogP contribution in [0.2, 0.25) is 20.1 Å². The second kappa shape index (κ2) is 15.8. The van der Waals surface area contributed by atoms with E-state index in [1.807, 2.05) is 0 Å². The molecule has 1 aliphatic heterocycles. The third kappa shape index (κ3) is 9.52. The Morgan fingerprint density at radius 2 is 1.21 bits per heavy atom. The lowest BCUT2D eigenvalue weighted by Gasteiger charge is -2.29. The van der Waals surface area contributed by atoms with E-state index in [0.29, 0.717) is 22.8 Å². The fourth-order valence-electron chi connectivity index (χ4n) is 5.31. The minimum Gasteiger partial charge on any atom is -0.374 e. The number of nitrogens with two attached hydrogens (primary N) is 2. The molecule has 53 heavy (non-hydrogen) atoms. The number of aryl methyl sites for hydroxylation is 2. The Bertz CT molecular complexity index is 2150. The number of nitrogens with zero attached hydrogens (tertiary/aromatic N) is 1. The highest BCUT2D eigenvalue weighted by molar-refractivity contribution is 6.35. The first-order valence-corrected chi connectivity index (χ1v) is 16.4. The Kier molecular flexibility index (Phi) is 12.3. The number of primary amides is 2. The molecule has 0 saturated carbocycles. The maximum absolute atomic E-state index is 14.0. The summed E-state index contributed by atoms with van der Waals surface area (Å²) < 4.78 is 82.2. The molecule has 0 saturated heterocycles. The van der Waals surface area contributed by atoms with Crippen LogP contribution in [0.3, 0.4) is 0 Å². The van der Waals surface area contributed by atoms with Crippen molar-refractivity contribution in [2.45, 2.75) is 38.2 Å². The summed E-state index contributed by atoms with van der Waals surface area (Å²) in [7, 11) is 0. The van der Waals surface area contributed by atoms with Gasteiger partial charge < -0.3 is 16.3 Å². The second-order valence-electron chi connectivity index (χ2n) is 11.7. The summed E-state index contributed by atoms with van der Waals surface area (Å²) in [5.41, 5.74) is 7.83. The zero-order chi connectivity index (χ0) is 39.6. The molecule has 1 atom stereocenters. The van der Waals surface area contributed by atoms with E-state index < -0.39 is 47.5 Å². The number of hydrogen-bond acceptors (Lipinski definition) is 5. The van der Waals surface area contributed by atoms with Crippen molar-refractivity contribution in [2.24, 2.45) is 16.6 Å². The van der Waals surface area contributed by atoms with Gasteiger partial charge in [0.05, 0.1) is 11.3 Å².